The van der Waals surface area contributed by atoms with Crippen molar-refractivity contribution in [3.8, 4) is 0 Å². The van der Waals surface area contributed by atoms with Crippen molar-refractivity contribution >= 4 is 17.6 Å². The monoisotopic (exact) mass is 598 g/mol. The summed E-state index contributed by atoms with van der Waals surface area (Å²) >= 11 is 0. The molecule has 1 heterocycles. The number of unbranched alkanes of at least 4 members (excludes halogenated alkanes) is 1. The molecule has 2 amide bonds. The van der Waals surface area contributed by atoms with Gasteiger partial charge in [-0.05, 0) is 77.6 Å². The molecule has 1 aromatic rings. The maximum absolute atomic E-state index is 12.8. The van der Waals surface area contributed by atoms with Crippen molar-refractivity contribution in [2.45, 2.75) is 109 Å². The van der Waals surface area contributed by atoms with Gasteiger partial charge in [0.25, 0.3) is 5.91 Å². The normalized spacial score (nSPS) is 22.4. The number of ketones is 1. The van der Waals surface area contributed by atoms with Crippen LogP contribution in [0.5, 0.6) is 0 Å². The second-order valence-electron chi connectivity index (χ2n) is 11.6. The van der Waals surface area contributed by atoms with Crippen LogP contribution in [0.15, 0.2) is 103 Å². The number of rotatable bonds is 17. The predicted molar refractivity (Wildman–Crippen MR) is 179 cm³/mol. The minimum Gasteiger partial charge on any atom is -0.469 e. The Balaban J connectivity index is 1.21. The van der Waals surface area contributed by atoms with Gasteiger partial charge in [-0.2, -0.15) is 0 Å². The first-order valence-corrected chi connectivity index (χ1v) is 16.3. The highest BCUT2D eigenvalue weighted by molar-refractivity contribution is 6.07. The number of benzene rings is 1. The van der Waals surface area contributed by atoms with E-state index in [1.807, 2.05) is 30.3 Å². The van der Waals surface area contributed by atoms with Gasteiger partial charge in [-0.25, -0.2) is 0 Å². The first-order valence-electron chi connectivity index (χ1n) is 16.3. The van der Waals surface area contributed by atoms with E-state index < -0.39 is 5.60 Å². The molecule has 1 saturated carbocycles. The summed E-state index contributed by atoms with van der Waals surface area (Å²) in [5.74, 6) is -0.445. The number of ether oxygens (including phenoxy) is 1. The number of carbonyl (C=O) groups is 3. The van der Waals surface area contributed by atoms with Crippen LogP contribution in [0.3, 0.4) is 0 Å². The average molecular weight is 599 g/mol. The number of hydrogen-bond donors (Lipinski definition) is 2. The fourth-order valence-electron chi connectivity index (χ4n) is 5.31. The summed E-state index contributed by atoms with van der Waals surface area (Å²) in [6.45, 7) is 3.84. The molecule has 2 aliphatic rings. The van der Waals surface area contributed by atoms with E-state index in [1.54, 1.807) is 6.92 Å². The van der Waals surface area contributed by atoms with Crippen LogP contribution in [-0.2, 0) is 24.7 Å². The molecule has 0 radical (unpaired) electrons. The van der Waals surface area contributed by atoms with Gasteiger partial charge >= 0.3 is 0 Å². The Bertz CT molecular complexity index is 1230. The number of nitrogens with one attached hydrogen (secondary N) is 2. The first kappa shape index (κ1) is 34.6. The van der Waals surface area contributed by atoms with Crippen LogP contribution in [0, 0.1) is 0 Å². The molecular formula is C38H50N2O4. The van der Waals surface area contributed by atoms with Crippen molar-refractivity contribution in [3.63, 3.8) is 0 Å². The highest BCUT2D eigenvalue weighted by Crippen LogP contribution is 2.35. The highest BCUT2D eigenvalue weighted by atomic mass is 16.5. The molecule has 0 bridgehead atoms. The van der Waals surface area contributed by atoms with Crippen molar-refractivity contribution in [3.05, 3.63) is 108 Å². The maximum Gasteiger partial charge on any atom is 0.286 e. The van der Waals surface area contributed by atoms with E-state index in [0.29, 0.717) is 6.42 Å². The minimum absolute atomic E-state index is 0.00540. The van der Waals surface area contributed by atoms with Crippen LogP contribution < -0.4 is 10.6 Å². The molecule has 44 heavy (non-hydrogen) atoms. The summed E-state index contributed by atoms with van der Waals surface area (Å²) in [5.41, 5.74) is -0.456. The fourth-order valence-corrected chi connectivity index (χ4v) is 5.31. The molecule has 0 spiro atoms. The molecule has 1 aromatic carbocycles. The van der Waals surface area contributed by atoms with E-state index in [0.717, 1.165) is 76.2 Å². The van der Waals surface area contributed by atoms with Gasteiger partial charge in [-0.1, -0.05) is 98.0 Å². The number of hydrogen-bond acceptors (Lipinski definition) is 4. The Kier molecular flexibility index (Phi) is 15.2. The topological polar surface area (TPSA) is 84.5 Å². The van der Waals surface area contributed by atoms with E-state index in [9.17, 15) is 14.4 Å². The second-order valence-corrected chi connectivity index (χ2v) is 11.6. The lowest BCUT2D eigenvalue weighted by Gasteiger charge is -2.30. The van der Waals surface area contributed by atoms with Crippen molar-refractivity contribution < 1.29 is 19.1 Å². The third-order valence-corrected chi connectivity index (χ3v) is 7.95. The average Bonchev–Trinajstić information content (AvgIpc) is 3.35. The van der Waals surface area contributed by atoms with Gasteiger partial charge in [0.15, 0.2) is 11.4 Å². The Morgan fingerprint density at radius 1 is 0.795 bits per heavy atom. The van der Waals surface area contributed by atoms with Crippen LogP contribution >= 0.6 is 0 Å². The molecule has 6 heteroatoms. The molecular weight excluding hydrogens is 548 g/mol. The lowest BCUT2D eigenvalue weighted by atomic mass is 9.91. The highest BCUT2D eigenvalue weighted by Gasteiger charge is 2.43. The first-order chi connectivity index (χ1) is 21.4. The summed E-state index contributed by atoms with van der Waals surface area (Å²) in [6, 6.07) is 9.35. The molecule has 3 rings (SSSR count). The largest absolute Gasteiger partial charge is 0.469 e. The maximum atomic E-state index is 12.8. The molecule has 1 aliphatic heterocycles. The quantitative estimate of drug-likeness (QED) is 0.141. The van der Waals surface area contributed by atoms with Gasteiger partial charge in [0.1, 0.15) is 0 Å². The molecule has 1 fully saturated rings. The summed E-state index contributed by atoms with van der Waals surface area (Å²) in [4.78, 5) is 37.9. The van der Waals surface area contributed by atoms with E-state index in [1.165, 1.54) is 6.08 Å². The fraction of sp³-hybridized carbons (Fsp3) is 0.447. The lowest BCUT2D eigenvalue weighted by molar-refractivity contribution is -0.132. The number of allylic oxidation sites excluding steroid dienone is 10. The lowest BCUT2D eigenvalue weighted by Crippen LogP contribution is -2.44. The van der Waals surface area contributed by atoms with Crippen LogP contribution in [0.2, 0.25) is 0 Å². The van der Waals surface area contributed by atoms with Gasteiger partial charge in [0.05, 0.1) is 0 Å². The molecule has 6 nitrogen and oxygen atoms in total. The molecule has 2 N–H and O–H groups in total. The zero-order chi connectivity index (χ0) is 31.5. The van der Waals surface area contributed by atoms with Crippen molar-refractivity contribution in [2.24, 2.45) is 0 Å². The zero-order valence-corrected chi connectivity index (χ0v) is 26.5. The Hall–Kier alpha value is -3.93. The minimum atomic E-state index is -1.18. The van der Waals surface area contributed by atoms with Crippen molar-refractivity contribution in [1.29, 1.82) is 0 Å². The summed E-state index contributed by atoms with van der Waals surface area (Å²) in [6.07, 6.45) is 33.5. The molecule has 0 saturated heterocycles. The van der Waals surface area contributed by atoms with Gasteiger partial charge in [0, 0.05) is 30.1 Å². The van der Waals surface area contributed by atoms with Crippen LogP contribution in [0.4, 0.5) is 0 Å². The Morgan fingerprint density at radius 2 is 1.32 bits per heavy atom. The van der Waals surface area contributed by atoms with Crippen molar-refractivity contribution in [2.75, 3.05) is 0 Å². The smallest absolute Gasteiger partial charge is 0.286 e. The molecule has 0 aromatic heterocycles. The SMILES string of the molecule is CCC=CCC=CCC=CCC=CCC=CCCCC(=O)NC1CCC(NC(=O)C2=CC(=O)C(C)(c3ccccc3)O2)CC1. The molecule has 236 valence electrons. The van der Waals surface area contributed by atoms with Gasteiger partial charge in [0.2, 0.25) is 11.7 Å². The van der Waals surface area contributed by atoms with Gasteiger partial charge in [-0.15, -0.1) is 0 Å². The van der Waals surface area contributed by atoms with Crippen LogP contribution in [0.25, 0.3) is 0 Å². The third-order valence-electron chi connectivity index (χ3n) is 7.95. The molecule has 1 aliphatic carbocycles. The summed E-state index contributed by atoms with van der Waals surface area (Å²) in [5, 5.41) is 6.17. The van der Waals surface area contributed by atoms with E-state index >= 15 is 0 Å². The van der Waals surface area contributed by atoms with Gasteiger partial charge in [-0.3, -0.25) is 14.4 Å². The Morgan fingerprint density at radius 3 is 1.89 bits per heavy atom. The zero-order valence-electron chi connectivity index (χ0n) is 26.5. The van der Waals surface area contributed by atoms with E-state index in [2.05, 4.69) is 78.3 Å². The summed E-state index contributed by atoms with van der Waals surface area (Å²) in [7, 11) is 0. The summed E-state index contributed by atoms with van der Waals surface area (Å²) < 4.78 is 5.86. The molecule has 1 atom stereocenters. The van der Waals surface area contributed by atoms with E-state index in [4.69, 9.17) is 4.74 Å². The second kappa shape index (κ2) is 19.4. The third kappa shape index (κ3) is 12.0. The van der Waals surface area contributed by atoms with Crippen molar-refractivity contribution in [1.82, 2.24) is 10.6 Å². The molecule has 1 unspecified atom stereocenters. The van der Waals surface area contributed by atoms with Gasteiger partial charge < -0.3 is 15.4 Å². The standard InChI is InChI=1S/C38H50N2O4/c1-3-4-5-6-7-8-9-10-11-12-13-14-15-16-17-18-22-25-36(42)39-32-26-28-33(29-27-32)40-37(43)34-30-35(41)38(2,44-34)31-23-20-19-21-24-31/h4-5,7-8,10-11,13-14,16-17,19-21,23-24,30,32-33H,3,6,9,12,15,18,22,25-29H2,1-2H3,(H,39,42)(H,40,43). The van der Waals surface area contributed by atoms with Crippen LogP contribution in [0.1, 0.15) is 96.5 Å². The number of amides is 2. The predicted octanol–water partition coefficient (Wildman–Crippen LogP) is 7.85. The van der Waals surface area contributed by atoms with E-state index in [-0.39, 0.29) is 35.4 Å². The number of carbonyl (C=O) groups excluding carboxylic acids is 3. The Labute approximate surface area is 264 Å². The van der Waals surface area contributed by atoms with Crippen LogP contribution in [-0.4, -0.2) is 29.7 Å².